The van der Waals surface area contributed by atoms with Crippen molar-refractivity contribution in [2.75, 3.05) is 6.61 Å². The number of benzene rings is 2. The molecule has 25 heavy (non-hydrogen) atoms. The second-order valence-electron chi connectivity index (χ2n) is 4.96. The maximum absolute atomic E-state index is 11.7. The van der Waals surface area contributed by atoms with Crippen LogP contribution in [0, 0.1) is 17.0 Å². The lowest BCUT2D eigenvalue weighted by atomic mass is 10.2. The van der Waals surface area contributed by atoms with E-state index in [1.54, 1.807) is 12.1 Å². The summed E-state index contributed by atoms with van der Waals surface area (Å²) >= 11 is 9.07. The van der Waals surface area contributed by atoms with Gasteiger partial charge in [0.15, 0.2) is 6.61 Å². The van der Waals surface area contributed by atoms with Gasteiger partial charge in [-0.3, -0.25) is 14.9 Å². The molecule has 0 spiro atoms. The zero-order chi connectivity index (χ0) is 18.4. The van der Waals surface area contributed by atoms with Gasteiger partial charge in [-0.25, -0.2) is 5.43 Å². The Morgan fingerprint density at radius 3 is 2.84 bits per heavy atom. The molecule has 0 aromatic heterocycles. The third kappa shape index (κ3) is 5.54. The number of hydrogen-bond donors (Lipinski definition) is 1. The van der Waals surface area contributed by atoms with E-state index in [0.717, 1.165) is 10.0 Å². The fourth-order valence-corrected chi connectivity index (χ4v) is 2.54. The van der Waals surface area contributed by atoms with Gasteiger partial charge < -0.3 is 4.74 Å². The molecule has 7 nitrogen and oxygen atoms in total. The van der Waals surface area contributed by atoms with Crippen molar-refractivity contribution >= 4 is 45.3 Å². The third-order valence-electron chi connectivity index (χ3n) is 3.07. The average Bonchev–Trinajstić information content (AvgIpc) is 2.55. The van der Waals surface area contributed by atoms with Crippen LogP contribution in [0.5, 0.6) is 5.75 Å². The fraction of sp³-hybridized carbons (Fsp3) is 0.125. The number of nitrogens with one attached hydrogen (secondary N) is 1. The largest absolute Gasteiger partial charge is 0.483 e. The second kappa shape index (κ2) is 8.59. The number of aryl methyl sites for hydroxylation is 1. The minimum Gasteiger partial charge on any atom is -0.483 e. The topological polar surface area (TPSA) is 93.8 Å². The summed E-state index contributed by atoms with van der Waals surface area (Å²) in [4.78, 5) is 21.9. The molecule has 0 radical (unpaired) electrons. The van der Waals surface area contributed by atoms with Crippen molar-refractivity contribution in [2.24, 2.45) is 5.10 Å². The highest BCUT2D eigenvalue weighted by molar-refractivity contribution is 9.10. The van der Waals surface area contributed by atoms with E-state index < -0.39 is 10.8 Å². The highest BCUT2D eigenvalue weighted by Crippen LogP contribution is 2.24. The molecular formula is C16H13BrClN3O4. The molecule has 9 heteroatoms. The van der Waals surface area contributed by atoms with Crippen molar-refractivity contribution < 1.29 is 14.5 Å². The van der Waals surface area contributed by atoms with Crippen LogP contribution in [0.15, 0.2) is 46.0 Å². The molecule has 130 valence electrons. The predicted molar refractivity (Wildman–Crippen MR) is 98.2 cm³/mol. The number of nitro benzene ring substituents is 1. The molecule has 0 aliphatic rings. The van der Waals surface area contributed by atoms with Crippen LogP contribution in [0.2, 0.25) is 5.02 Å². The monoisotopic (exact) mass is 425 g/mol. The number of carbonyl (C=O) groups is 1. The number of amides is 1. The summed E-state index contributed by atoms with van der Waals surface area (Å²) in [5.74, 6) is 0.137. The van der Waals surface area contributed by atoms with E-state index in [1.165, 1.54) is 18.3 Å². The van der Waals surface area contributed by atoms with Gasteiger partial charge in [-0.1, -0.05) is 33.6 Å². The number of rotatable bonds is 6. The first kappa shape index (κ1) is 18.9. The Morgan fingerprint density at radius 2 is 2.16 bits per heavy atom. The molecule has 0 atom stereocenters. The van der Waals surface area contributed by atoms with Crippen molar-refractivity contribution in [1.82, 2.24) is 5.43 Å². The van der Waals surface area contributed by atoms with Gasteiger partial charge in [0.2, 0.25) is 0 Å². The Kier molecular flexibility index (Phi) is 6.49. The number of hydrazone groups is 1. The molecule has 1 amide bonds. The molecule has 1 N–H and O–H groups in total. The number of nitrogens with zero attached hydrogens (tertiary/aromatic N) is 2. The lowest BCUT2D eigenvalue weighted by Gasteiger charge is -2.08. The van der Waals surface area contributed by atoms with Crippen LogP contribution in [0.25, 0.3) is 0 Å². The zero-order valence-corrected chi connectivity index (χ0v) is 15.4. The van der Waals surface area contributed by atoms with Crippen molar-refractivity contribution in [3.63, 3.8) is 0 Å². The quantitative estimate of drug-likeness (QED) is 0.431. The third-order valence-corrected chi connectivity index (χ3v) is 3.88. The summed E-state index contributed by atoms with van der Waals surface area (Å²) < 4.78 is 6.33. The molecule has 2 aromatic rings. The lowest BCUT2D eigenvalue weighted by molar-refractivity contribution is -0.384. The SMILES string of the molecule is Cc1cc(Br)ccc1OCC(=O)N/N=C/c1ccc(Cl)c([N+](=O)[O-])c1. The minimum absolute atomic E-state index is 0.0319. The summed E-state index contributed by atoms with van der Waals surface area (Å²) in [6.45, 7) is 1.66. The van der Waals surface area contributed by atoms with Crippen LogP contribution in [0.4, 0.5) is 5.69 Å². The van der Waals surface area contributed by atoms with Gasteiger partial charge in [0.05, 0.1) is 11.1 Å². The highest BCUT2D eigenvalue weighted by atomic mass is 79.9. The first-order valence-electron chi connectivity index (χ1n) is 7.01. The molecule has 0 saturated heterocycles. The van der Waals surface area contributed by atoms with Crippen molar-refractivity contribution in [3.05, 3.63) is 67.1 Å². The molecule has 0 unspecified atom stereocenters. The summed E-state index contributed by atoms with van der Waals surface area (Å²) in [6, 6.07) is 9.64. The number of ether oxygens (including phenoxy) is 1. The summed E-state index contributed by atoms with van der Waals surface area (Å²) in [7, 11) is 0. The van der Waals surface area contributed by atoms with E-state index in [0.29, 0.717) is 11.3 Å². The van der Waals surface area contributed by atoms with Gasteiger partial charge in [0.1, 0.15) is 10.8 Å². The van der Waals surface area contributed by atoms with Gasteiger partial charge in [-0.15, -0.1) is 0 Å². The first-order chi connectivity index (χ1) is 11.9. The molecular weight excluding hydrogens is 414 g/mol. The van der Waals surface area contributed by atoms with Gasteiger partial charge in [-0.2, -0.15) is 5.10 Å². The predicted octanol–water partition coefficient (Wildman–Crippen LogP) is 3.85. The Balaban J connectivity index is 1.90. The molecule has 2 rings (SSSR count). The molecule has 0 aliphatic carbocycles. The van der Waals surface area contributed by atoms with E-state index in [4.69, 9.17) is 16.3 Å². The van der Waals surface area contributed by atoms with E-state index >= 15 is 0 Å². The maximum atomic E-state index is 11.7. The van der Waals surface area contributed by atoms with Crippen LogP contribution in [-0.2, 0) is 4.79 Å². The van der Waals surface area contributed by atoms with Gasteiger partial charge >= 0.3 is 0 Å². The number of halogens is 2. The normalized spacial score (nSPS) is 10.7. The number of hydrogen-bond acceptors (Lipinski definition) is 5. The van der Waals surface area contributed by atoms with Gasteiger partial charge in [-0.05, 0) is 36.8 Å². The zero-order valence-electron chi connectivity index (χ0n) is 13.0. The Morgan fingerprint density at radius 1 is 1.40 bits per heavy atom. The van der Waals surface area contributed by atoms with E-state index in [2.05, 4.69) is 26.5 Å². The Bertz CT molecular complexity index is 842. The average molecular weight is 427 g/mol. The Labute approximate surface area is 156 Å². The molecule has 2 aromatic carbocycles. The van der Waals surface area contributed by atoms with E-state index in [1.807, 2.05) is 19.1 Å². The molecule has 0 heterocycles. The van der Waals surface area contributed by atoms with Crippen LogP contribution in [0.1, 0.15) is 11.1 Å². The second-order valence-corrected chi connectivity index (χ2v) is 6.28. The fourth-order valence-electron chi connectivity index (χ4n) is 1.88. The summed E-state index contributed by atoms with van der Waals surface area (Å²) in [6.07, 6.45) is 1.28. The van der Waals surface area contributed by atoms with Crippen LogP contribution in [0.3, 0.4) is 0 Å². The van der Waals surface area contributed by atoms with E-state index in [-0.39, 0.29) is 17.3 Å². The molecule has 0 fully saturated rings. The maximum Gasteiger partial charge on any atom is 0.288 e. The van der Waals surface area contributed by atoms with Crippen LogP contribution < -0.4 is 10.2 Å². The standard InChI is InChI=1S/C16H13BrClN3O4/c1-10-6-12(17)3-5-15(10)25-9-16(22)20-19-8-11-2-4-13(18)14(7-11)21(23)24/h2-8H,9H2,1H3,(H,20,22)/b19-8+. The summed E-state index contributed by atoms with van der Waals surface area (Å²) in [5.41, 5.74) is 3.38. The van der Waals surface area contributed by atoms with E-state index in [9.17, 15) is 14.9 Å². The molecule has 0 saturated carbocycles. The van der Waals surface area contributed by atoms with Crippen molar-refractivity contribution in [1.29, 1.82) is 0 Å². The van der Waals surface area contributed by atoms with Crippen LogP contribution >= 0.6 is 27.5 Å². The Hall–Kier alpha value is -2.45. The smallest absolute Gasteiger partial charge is 0.288 e. The first-order valence-corrected chi connectivity index (χ1v) is 8.18. The summed E-state index contributed by atoms with van der Waals surface area (Å²) in [5, 5.41) is 14.6. The van der Waals surface area contributed by atoms with Crippen molar-refractivity contribution in [3.8, 4) is 5.75 Å². The highest BCUT2D eigenvalue weighted by Gasteiger charge is 2.12. The van der Waals surface area contributed by atoms with Gasteiger partial charge in [0, 0.05) is 16.1 Å². The number of nitro groups is 1. The lowest BCUT2D eigenvalue weighted by Crippen LogP contribution is -2.24. The molecule has 0 aliphatic heterocycles. The minimum atomic E-state index is -0.591. The number of carbonyl (C=O) groups excluding carboxylic acids is 1. The van der Waals surface area contributed by atoms with Crippen molar-refractivity contribution in [2.45, 2.75) is 6.92 Å². The molecule has 0 bridgehead atoms. The van der Waals surface area contributed by atoms with Gasteiger partial charge in [0.25, 0.3) is 11.6 Å². The van der Waals surface area contributed by atoms with Crippen LogP contribution in [-0.4, -0.2) is 23.7 Å².